The molecule has 2 nitrogen and oxygen atoms in total. The lowest BCUT2D eigenvalue weighted by atomic mass is 9.86. The Morgan fingerprint density at radius 1 is 1.00 bits per heavy atom. The third kappa shape index (κ3) is 4.63. The zero-order chi connectivity index (χ0) is 16.0. The Labute approximate surface area is 137 Å². The minimum atomic E-state index is -0.140. The quantitative estimate of drug-likeness (QED) is 0.328. The largest absolute Gasteiger partial charge is 0.411 e. The molecule has 0 aromatic heterocycles. The fraction of sp³-hybridized carbons (Fsp3) is 0.316. The van der Waals surface area contributed by atoms with Gasteiger partial charge in [-0.05, 0) is 17.7 Å². The number of thioether (sulfide) groups is 1. The summed E-state index contributed by atoms with van der Waals surface area (Å²) < 4.78 is 0. The molecule has 0 saturated carbocycles. The summed E-state index contributed by atoms with van der Waals surface area (Å²) in [5, 5.41) is 13.2. The summed E-state index contributed by atoms with van der Waals surface area (Å²) in [6.45, 7) is 6.24. The van der Waals surface area contributed by atoms with E-state index in [0.29, 0.717) is 0 Å². The molecule has 0 fully saturated rings. The Morgan fingerprint density at radius 3 is 2.05 bits per heavy atom. The number of oxime groups is 1. The second-order valence-corrected chi connectivity index (χ2v) is 7.61. The van der Waals surface area contributed by atoms with Crippen molar-refractivity contribution in [3.63, 3.8) is 0 Å². The second kappa shape index (κ2) is 7.50. The van der Waals surface area contributed by atoms with Crippen LogP contribution in [0.5, 0.6) is 0 Å². The summed E-state index contributed by atoms with van der Waals surface area (Å²) in [5.41, 5.74) is 1.94. The van der Waals surface area contributed by atoms with Crippen LogP contribution in [-0.2, 0) is 0 Å². The Kier molecular flexibility index (Phi) is 5.67. The standard InChI is InChI=1S/C19H23NOS/c1-19(2,3)18(20-21)14-17(15-10-6-4-7-11-15)22-16-12-8-5-9-13-16/h4-13,17,21H,14H2,1-3H3/b20-18+/t17-/m1/s1. The Morgan fingerprint density at radius 2 is 1.55 bits per heavy atom. The molecular formula is C19H23NOS. The molecule has 2 aromatic carbocycles. The predicted octanol–water partition coefficient (Wildman–Crippen LogP) is 5.79. The van der Waals surface area contributed by atoms with Gasteiger partial charge in [-0.1, -0.05) is 74.5 Å². The van der Waals surface area contributed by atoms with E-state index in [1.165, 1.54) is 10.5 Å². The van der Waals surface area contributed by atoms with E-state index < -0.39 is 0 Å². The summed E-state index contributed by atoms with van der Waals surface area (Å²) in [6, 6.07) is 20.8. The summed E-state index contributed by atoms with van der Waals surface area (Å²) in [4.78, 5) is 1.22. The predicted molar refractivity (Wildman–Crippen MR) is 94.8 cm³/mol. The van der Waals surface area contributed by atoms with Gasteiger partial charge in [0.25, 0.3) is 0 Å². The van der Waals surface area contributed by atoms with Crippen LogP contribution in [0.2, 0.25) is 0 Å². The molecule has 2 aromatic rings. The first kappa shape index (κ1) is 16.6. The third-order valence-electron chi connectivity index (χ3n) is 3.56. The number of hydrogen-bond donors (Lipinski definition) is 1. The molecule has 0 amide bonds. The van der Waals surface area contributed by atoms with Crippen LogP contribution in [0.3, 0.4) is 0 Å². The Hall–Kier alpha value is -1.74. The second-order valence-electron chi connectivity index (χ2n) is 6.33. The SMILES string of the molecule is CC(C)(C)/C(C[C@@H](Sc1ccccc1)c1ccccc1)=N/O. The molecule has 1 N–H and O–H groups in total. The van der Waals surface area contributed by atoms with E-state index in [2.05, 4.69) is 74.5 Å². The smallest absolute Gasteiger partial charge is 0.0638 e. The fourth-order valence-corrected chi connectivity index (χ4v) is 3.41. The van der Waals surface area contributed by atoms with Crippen molar-refractivity contribution in [2.75, 3.05) is 0 Å². The number of nitrogens with zero attached hydrogens (tertiary/aromatic N) is 1. The first-order chi connectivity index (χ1) is 10.5. The van der Waals surface area contributed by atoms with Gasteiger partial charge in [-0.15, -0.1) is 11.8 Å². The van der Waals surface area contributed by atoms with Crippen molar-refractivity contribution in [3.05, 3.63) is 66.2 Å². The van der Waals surface area contributed by atoms with Gasteiger partial charge in [0, 0.05) is 22.0 Å². The van der Waals surface area contributed by atoms with Gasteiger partial charge in [-0.25, -0.2) is 0 Å². The van der Waals surface area contributed by atoms with Gasteiger partial charge in [0.1, 0.15) is 0 Å². The molecule has 0 bridgehead atoms. The van der Waals surface area contributed by atoms with Crippen LogP contribution in [0.4, 0.5) is 0 Å². The van der Waals surface area contributed by atoms with Crippen molar-refractivity contribution in [1.82, 2.24) is 0 Å². The number of hydrogen-bond acceptors (Lipinski definition) is 3. The van der Waals surface area contributed by atoms with Crippen molar-refractivity contribution in [2.24, 2.45) is 10.6 Å². The molecule has 0 spiro atoms. The van der Waals surface area contributed by atoms with Gasteiger partial charge in [-0.3, -0.25) is 0 Å². The molecule has 22 heavy (non-hydrogen) atoms. The summed E-state index contributed by atoms with van der Waals surface area (Å²) in [7, 11) is 0. The van der Waals surface area contributed by atoms with Crippen molar-refractivity contribution in [1.29, 1.82) is 0 Å². The van der Waals surface area contributed by atoms with E-state index in [9.17, 15) is 5.21 Å². The molecule has 0 radical (unpaired) electrons. The van der Waals surface area contributed by atoms with Crippen molar-refractivity contribution < 1.29 is 5.21 Å². The van der Waals surface area contributed by atoms with E-state index in [-0.39, 0.29) is 10.7 Å². The molecule has 116 valence electrons. The molecule has 3 heteroatoms. The van der Waals surface area contributed by atoms with Crippen LogP contribution >= 0.6 is 11.8 Å². The van der Waals surface area contributed by atoms with Crippen molar-refractivity contribution >= 4 is 17.5 Å². The van der Waals surface area contributed by atoms with Crippen molar-refractivity contribution in [2.45, 2.75) is 37.3 Å². The zero-order valence-electron chi connectivity index (χ0n) is 13.4. The lowest BCUT2D eigenvalue weighted by Crippen LogP contribution is -2.22. The first-order valence-electron chi connectivity index (χ1n) is 7.49. The third-order valence-corrected chi connectivity index (χ3v) is 4.83. The molecule has 2 rings (SSSR count). The highest BCUT2D eigenvalue weighted by molar-refractivity contribution is 7.99. The number of benzene rings is 2. The van der Waals surface area contributed by atoms with Gasteiger partial charge >= 0.3 is 0 Å². The van der Waals surface area contributed by atoms with E-state index in [1.807, 2.05) is 23.9 Å². The average molecular weight is 313 g/mol. The zero-order valence-corrected chi connectivity index (χ0v) is 14.2. The van der Waals surface area contributed by atoms with Crippen molar-refractivity contribution in [3.8, 4) is 0 Å². The van der Waals surface area contributed by atoms with Crippen LogP contribution in [-0.4, -0.2) is 10.9 Å². The van der Waals surface area contributed by atoms with Crippen LogP contribution in [0.25, 0.3) is 0 Å². The van der Waals surface area contributed by atoms with E-state index in [1.54, 1.807) is 0 Å². The molecule has 0 aliphatic rings. The molecular weight excluding hydrogens is 290 g/mol. The molecule has 0 heterocycles. The normalized spacial score (nSPS) is 13.9. The minimum absolute atomic E-state index is 0.140. The van der Waals surface area contributed by atoms with Crippen LogP contribution in [0, 0.1) is 5.41 Å². The van der Waals surface area contributed by atoms with E-state index in [0.717, 1.165) is 12.1 Å². The first-order valence-corrected chi connectivity index (χ1v) is 8.36. The highest BCUT2D eigenvalue weighted by atomic mass is 32.2. The molecule has 0 saturated heterocycles. The summed E-state index contributed by atoms with van der Waals surface area (Å²) in [6.07, 6.45) is 0.726. The van der Waals surface area contributed by atoms with Gasteiger partial charge in [-0.2, -0.15) is 0 Å². The molecule has 1 atom stereocenters. The van der Waals surface area contributed by atoms with E-state index in [4.69, 9.17) is 0 Å². The minimum Gasteiger partial charge on any atom is -0.411 e. The van der Waals surface area contributed by atoms with Crippen LogP contribution in [0.1, 0.15) is 38.0 Å². The highest BCUT2D eigenvalue weighted by Gasteiger charge is 2.25. The average Bonchev–Trinajstić information content (AvgIpc) is 2.52. The maximum absolute atomic E-state index is 9.40. The van der Waals surface area contributed by atoms with Crippen LogP contribution in [0.15, 0.2) is 70.7 Å². The van der Waals surface area contributed by atoms with Gasteiger partial charge in [0.15, 0.2) is 0 Å². The summed E-state index contributed by atoms with van der Waals surface area (Å²) >= 11 is 1.81. The van der Waals surface area contributed by atoms with Crippen LogP contribution < -0.4 is 0 Å². The molecule has 0 unspecified atom stereocenters. The lowest BCUT2D eigenvalue weighted by Gasteiger charge is -2.24. The maximum Gasteiger partial charge on any atom is 0.0638 e. The van der Waals surface area contributed by atoms with E-state index >= 15 is 0 Å². The summed E-state index contributed by atoms with van der Waals surface area (Å²) in [5.74, 6) is 0. The molecule has 0 aliphatic carbocycles. The molecule has 0 aliphatic heterocycles. The lowest BCUT2D eigenvalue weighted by molar-refractivity contribution is 0.308. The van der Waals surface area contributed by atoms with Gasteiger partial charge in [0.2, 0.25) is 0 Å². The Balaban J connectivity index is 2.26. The monoisotopic (exact) mass is 313 g/mol. The van der Waals surface area contributed by atoms with Gasteiger partial charge < -0.3 is 5.21 Å². The highest BCUT2D eigenvalue weighted by Crippen LogP contribution is 2.39. The fourth-order valence-electron chi connectivity index (χ4n) is 2.23. The topological polar surface area (TPSA) is 32.6 Å². The Bertz CT molecular complexity index is 602. The number of rotatable bonds is 5. The van der Waals surface area contributed by atoms with Gasteiger partial charge in [0.05, 0.1) is 5.71 Å². The maximum atomic E-state index is 9.40.